The average Bonchev–Trinajstić information content (AvgIpc) is 2.38. The topological polar surface area (TPSA) is 65.2 Å². The maximum Gasteiger partial charge on any atom is 0.340 e. The maximum atomic E-state index is 11.7. The predicted molar refractivity (Wildman–Crippen MR) is 69.2 cm³/mol. The predicted octanol–water partition coefficient (Wildman–Crippen LogP) is 2.67. The number of carbonyl (C=O) groups is 1. The molecule has 0 saturated carbocycles. The zero-order chi connectivity index (χ0) is 13.0. The van der Waals surface area contributed by atoms with Gasteiger partial charge in [-0.1, -0.05) is 23.7 Å². The van der Waals surface area contributed by atoms with Gasteiger partial charge in [-0.3, -0.25) is 4.98 Å². The molecule has 0 amide bonds. The van der Waals surface area contributed by atoms with Gasteiger partial charge in [0.2, 0.25) is 0 Å². The summed E-state index contributed by atoms with van der Waals surface area (Å²) in [4.78, 5) is 15.5. The van der Waals surface area contributed by atoms with Gasteiger partial charge in [-0.05, 0) is 23.8 Å². The molecular weight excluding hydrogens is 252 g/mol. The van der Waals surface area contributed by atoms with Crippen LogP contribution in [0.4, 0.5) is 5.69 Å². The highest BCUT2D eigenvalue weighted by Crippen LogP contribution is 2.12. The number of benzene rings is 1. The van der Waals surface area contributed by atoms with Gasteiger partial charge in [0, 0.05) is 17.4 Å². The molecule has 0 aliphatic heterocycles. The molecule has 18 heavy (non-hydrogen) atoms. The number of halogens is 1. The van der Waals surface area contributed by atoms with Gasteiger partial charge in [0.25, 0.3) is 0 Å². The number of esters is 1. The van der Waals surface area contributed by atoms with E-state index >= 15 is 0 Å². The number of hydrogen-bond acceptors (Lipinski definition) is 4. The van der Waals surface area contributed by atoms with Crippen LogP contribution in [0.3, 0.4) is 0 Å². The van der Waals surface area contributed by atoms with E-state index in [1.54, 1.807) is 24.3 Å². The van der Waals surface area contributed by atoms with Crippen molar-refractivity contribution in [2.75, 3.05) is 5.73 Å². The molecule has 0 fully saturated rings. The normalized spacial score (nSPS) is 10.1. The fraction of sp³-hybridized carbons (Fsp3) is 0.0769. The second-order valence-electron chi connectivity index (χ2n) is 3.71. The maximum absolute atomic E-state index is 11.7. The Kier molecular flexibility index (Phi) is 3.79. The Bertz CT molecular complexity index is 555. The monoisotopic (exact) mass is 262 g/mol. The van der Waals surface area contributed by atoms with Crippen molar-refractivity contribution in [1.29, 1.82) is 0 Å². The Morgan fingerprint density at radius 3 is 2.67 bits per heavy atom. The second-order valence-corrected chi connectivity index (χ2v) is 4.15. The number of aromatic nitrogens is 1. The smallest absolute Gasteiger partial charge is 0.340 e. The molecule has 0 spiro atoms. The minimum Gasteiger partial charge on any atom is -0.457 e. The third-order valence-corrected chi connectivity index (χ3v) is 2.53. The molecule has 1 heterocycles. The number of nitrogen functional groups attached to an aromatic ring is 1. The van der Waals surface area contributed by atoms with Gasteiger partial charge in [0.15, 0.2) is 0 Å². The van der Waals surface area contributed by atoms with Crippen LogP contribution in [0, 0.1) is 0 Å². The number of nitrogens with two attached hydrogens (primary N) is 1. The molecule has 0 atom stereocenters. The van der Waals surface area contributed by atoms with E-state index in [4.69, 9.17) is 22.1 Å². The summed E-state index contributed by atoms with van der Waals surface area (Å²) in [5, 5.41) is 0.644. The molecule has 1 aromatic heterocycles. The molecule has 0 radical (unpaired) electrons. The largest absolute Gasteiger partial charge is 0.457 e. The van der Waals surface area contributed by atoms with Gasteiger partial charge >= 0.3 is 5.97 Å². The van der Waals surface area contributed by atoms with E-state index in [0.717, 1.165) is 5.56 Å². The highest BCUT2D eigenvalue weighted by atomic mass is 35.5. The molecule has 2 N–H and O–H groups in total. The summed E-state index contributed by atoms with van der Waals surface area (Å²) in [5.74, 6) is -0.454. The third kappa shape index (κ3) is 3.21. The molecule has 0 saturated heterocycles. The van der Waals surface area contributed by atoms with Gasteiger partial charge in [0.05, 0.1) is 11.3 Å². The average molecular weight is 263 g/mol. The number of carbonyl (C=O) groups excluding carboxylic acids is 1. The van der Waals surface area contributed by atoms with Crippen LogP contribution in [0.2, 0.25) is 5.02 Å². The number of rotatable bonds is 3. The third-order valence-electron chi connectivity index (χ3n) is 2.28. The van der Waals surface area contributed by atoms with E-state index < -0.39 is 5.97 Å². The van der Waals surface area contributed by atoms with E-state index in [9.17, 15) is 4.79 Å². The molecule has 1 aromatic carbocycles. The van der Waals surface area contributed by atoms with Crippen molar-refractivity contribution in [2.45, 2.75) is 6.61 Å². The fourth-order valence-electron chi connectivity index (χ4n) is 1.38. The van der Waals surface area contributed by atoms with Gasteiger partial charge in [-0.2, -0.15) is 0 Å². The Hall–Kier alpha value is -2.07. The molecule has 0 aliphatic rings. The first-order valence-corrected chi connectivity index (χ1v) is 5.65. The Morgan fingerprint density at radius 2 is 2.00 bits per heavy atom. The Morgan fingerprint density at radius 1 is 1.28 bits per heavy atom. The number of nitrogens with zero attached hydrogens (tertiary/aromatic N) is 1. The van der Waals surface area contributed by atoms with Crippen LogP contribution in [-0.2, 0) is 11.3 Å². The van der Waals surface area contributed by atoms with Crippen LogP contribution in [0.15, 0.2) is 42.7 Å². The summed E-state index contributed by atoms with van der Waals surface area (Å²) in [5.41, 5.74) is 7.16. The quantitative estimate of drug-likeness (QED) is 0.864. The van der Waals surface area contributed by atoms with Crippen LogP contribution in [0.1, 0.15) is 15.9 Å². The first kappa shape index (κ1) is 12.4. The van der Waals surface area contributed by atoms with E-state index in [0.29, 0.717) is 16.3 Å². The van der Waals surface area contributed by atoms with Crippen molar-refractivity contribution >= 4 is 23.3 Å². The van der Waals surface area contributed by atoms with Gasteiger partial charge < -0.3 is 10.5 Å². The summed E-state index contributed by atoms with van der Waals surface area (Å²) in [6, 6.07) is 8.61. The molecular formula is C13H11ClN2O2. The lowest BCUT2D eigenvalue weighted by atomic mass is 10.2. The van der Waals surface area contributed by atoms with E-state index in [1.807, 2.05) is 0 Å². The zero-order valence-corrected chi connectivity index (χ0v) is 10.2. The van der Waals surface area contributed by atoms with Crippen LogP contribution in [0.5, 0.6) is 0 Å². The van der Waals surface area contributed by atoms with Crippen molar-refractivity contribution in [1.82, 2.24) is 4.98 Å². The number of pyridine rings is 1. The fourth-order valence-corrected chi connectivity index (χ4v) is 1.51. The van der Waals surface area contributed by atoms with Crippen LogP contribution < -0.4 is 5.73 Å². The minimum atomic E-state index is -0.454. The summed E-state index contributed by atoms with van der Waals surface area (Å²) in [6.07, 6.45) is 2.89. The molecule has 92 valence electrons. The standard InChI is InChI=1S/C13H11ClN2O2/c14-11-3-1-9(2-4-11)8-18-13(17)10-5-12(15)7-16-6-10/h1-7H,8,15H2. The zero-order valence-electron chi connectivity index (χ0n) is 9.47. The van der Waals surface area contributed by atoms with Crippen molar-refractivity contribution in [3.05, 3.63) is 58.9 Å². The van der Waals surface area contributed by atoms with E-state index in [1.165, 1.54) is 18.5 Å². The van der Waals surface area contributed by atoms with Crippen LogP contribution >= 0.6 is 11.6 Å². The Balaban J connectivity index is 1.98. The highest BCUT2D eigenvalue weighted by molar-refractivity contribution is 6.30. The minimum absolute atomic E-state index is 0.185. The molecule has 2 aromatic rings. The van der Waals surface area contributed by atoms with Gasteiger partial charge in [-0.25, -0.2) is 4.79 Å². The van der Waals surface area contributed by atoms with Gasteiger partial charge in [-0.15, -0.1) is 0 Å². The molecule has 5 heteroatoms. The highest BCUT2D eigenvalue weighted by Gasteiger charge is 2.08. The molecule has 0 bridgehead atoms. The van der Waals surface area contributed by atoms with Crippen LogP contribution in [-0.4, -0.2) is 11.0 Å². The van der Waals surface area contributed by atoms with Crippen LogP contribution in [0.25, 0.3) is 0 Å². The van der Waals surface area contributed by atoms with Crippen molar-refractivity contribution in [3.63, 3.8) is 0 Å². The van der Waals surface area contributed by atoms with Crippen molar-refractivity contribution in [3.8, 4) is 0 Å². The summed E-state index contributed by atoms with van der Waals surface area (Å²) >= 11 is 5.76. The molecule has 0 aliphatic carbocycles. The second kappa shape index (κ2) is 5.51. The molecule has 4 nitrogen and oxygen atoms in total. The lowest BCUT2D eigenvalue weighted by molar-refractivity contribution is 0.0472. The number of anilines is 1. The lowest BCUT2D eigenvalue weighted by Crippen LogP contribution is -2.06. The first-order valence-electron chi connectivity index (χ1n) is 5.27. The lowest BCUT2D eigenvalue weighted by Gasteiger charge is -2.05. The Labute approximate surface area is 109 Å². The molecule has 2 rings (SSSR count). The summed E-state index contributed by atoms with van der Waals surface area (Å²) in [6.45, 7) is 0.185. The van der Waals surface area contributed by atoms with Crippen molar-refractivity contribution < 1.29 is 9.53 Å². The molecule has 0 unspecified atom stereocenters. The SMILES string of the molecule is Nc1cncc(C(=O)OCc2ccc(Cl)cc2)c1. The first-order chi connectivity index (χ1) is 8.65. The number of hydrogen-bond donors (Lipinski definition) is 1. The van der Waals surface area contributed by atoms with E-state index in [-0.39, 0.29) is 6.61 Å². The number of ether oxygens (including phenoxy) is 1. The van der Waals surface area contributed by atoms with E-state index in [2.05, 4.69) is 4.98 Å². The summed E-state index contributed by atoms with van der Waals surface area (Å²) in [7, 11) is 0. The van der Waals surface area contributed by atoms with Gasteiger partial charge in [0.1, 0.15) is 6.61 Å². The summed E-state index contributed by atoms with van der Waals surface area (Å²) < 4.78 is 5.13. The van der Waals surface area contributed by atoms with Crippen molar-refractivity contribution in [2.24, 2.45) is 0 Å².